The number of likely N-dealkylation sites (tertiary alicyclic amines) is 1. The maximum Gasteiger partial charge on any atom is 0.321 e. The van der Waals surface area contributed by atoms with Gasteiger partial charge in [-0.05, 0) is 42.4 Å². The van der Waals surface area contributed by atoms with Crippen LogP contribution >= 0.6 is 0 Å². The SMILES string of the molecule is CCc1cc(CC)c(NC(=O)N2CC[C@@H](OC)C2)c(CC)c1. The van der Waals surface area contributed by atoms with Crippen LogP contribution < -0.4 is 5.32 Å². The molecule has 1 heterocycles. The molecule has 1 N–H and O–H groups in total. The number of carbonyl (C=O) groups excluding carboxylic acids is 1. The van der Waals surface area contributed by atoms with E-state index in [0.29, 0.717) is 6.54 Å². The van der Waals surface area contributed by atoms with Crippen LogP contribution in [0.15, 0.2) is 12.1 Å². The molecule has 1 saturated heterocycles. The Bertz CT molecular complexity index is 503. The molecular weight excluding hydrogens is 276 g/mol. The van der Waals surface area contributed by atoms with Gasteiger partial charge in [-0.25, -0.2) is 4.79 Å². The van der Waals surface area contributed by atoms with Crippen molar-refractivity contribution in [3.8, 4) is 0 Å². The maximum atomic E-state index is 12.5. The van der Waals surface area contributed by atoms with Gasteiger partial charge < -0.3 is 15.0 Å². The van der Waals surface area contributed by atoms with Gasteiger partial charge in [-0.15, -0.1) is 0 Å². The molecule has 0 saturated carbocycles. The minimum absolute atomic E-state index is 0.00630. The number of hydrogen-bond acceptors (Lipinski definition) is 2. The van der Waals surface area contributed by atoms with Crippen LogP contribution in [0.4, 0.5) is 10.5 Å². The molecule has 0 aromatic heterocycles. The van der Waals surface area contributed by atoms with E-state index in [-0.39, 0.29) is 12.1 Å². The van der Waals surface area contributed by atoms with Gasteiger partial charge in [0.15, 0.2) is 0 Å². The summed E-state index contributed by atoms with van der Waals surface area (Å²) in [5, 5.41) is 3.15. The maximum absolute atomic E-state index is 12.5. The average Bonchev–Trinajstić information content (AvgIpc) is 3.03. The number of hydrogen-bond donors (Lipinski definition) is 1. The second kappa shape index (κ2) is 7.63. The van der Waals surface area contributed by atoms with Crippen molar-refractivity contribution in [1.29, 1.82) is 0 Å². The fourth-order valence-electron chi connectivity index (χ4n) is 3.05. The third-order valence-electron chi connectivity index (χ3n) is 4.53. The van der Waals surface area contributed by atoms with Crippen molar-refractivity contribution in [3.05, 3.63) is 28.8 Å². The van der Waals surface area contributed by atoms with Gasteiger partial charge in [0.05, 0.1) is 6.10 Å². The van der Waals surface area contributed by atoms with Crippen molar-refractivity contribution in [1.82, 2.24) is 4.90 Å². The fourth-order valence-corrected chi connectivity index (χ4v) is 3.05. The Kier molecular flexibility index (Phi) is 5.83. The molecule has 0 spiro atoms. The summed E-state index contributed by atoms with van der Waals surface area (Å²) in [5.41, 5.74) is 4.81. The number of aryl methyl sites for hydroxylation is 3. The molecule has 22 heavy (non-hydrogen) atoms. The number of amides is 2. The van der Waals surface area contributed by atoms with E-state index in [9.17, 15) is 4.79 Å². The number of urea groups is 1. The van der Waals surface area contributed by atoms with E-state index in [1.165, 1.54) is 16.7 Å². The zero-order valence-corrected chi connectivity index (χ0v) is 14.2. The third-order valence-corrected chi connectivity index (χ3v) is 4.53. The van der Waals surface area contributed by atoms with Crippen molar-refractivity contribution in [3.63, 3.8) is 0 Å². The summed E-state index contributed by atoms with van der Waals surface area (Å²) in [4.78, 5) is 14.4. The van der Waals surface area contributed by atoms with Crippen molar-refractivity contribution in [2.24, 2.45) is 0 Å². The number of rotatable bonds is 5. The highest BCUT2D eigenvalue weighted by Crippen LogP contribution is 2.26. The van der Waals surface area contributed by atoms with Gasteiger partial charge in [0.2, 0.25) is 0 Å². The summed E-state index contributed by atoms with van der Waals surface area (Å²) in [6.45, 7) is 7.89. The van der Waals surface area contributed by atoms with Gasteiger partial charge in [-0.3, -0.25) is 0 Å². The summed E-state index contributed by atoms with van der Waals surface area (Å²) < 4.78 is 5.34. The molecule has 0 aliphatic carbocycles. The number of ether oxygens (including phenoxy) is 1. The lowest BCUT2D eigenvalue weighted by Gasteiger charge is -2.21. The molecule has 0 unspecified atom stereocenters. The van der Waals surface area contributed by atoms with Crippen LogP contribution in [0.2, 0.25) is 0 Å². The summed E-state index contributed by atoms with van der Waals surface area (Å²) in [6, 6.07) is 4.43. The molecule has 1 aromatic rings. The van der Waals surface area contributed by atoms with Crippen molar-refractivity contribution in [2.75, 3.05) is 25.5 Å². The topological polar surface area (TPSA) is 41.6 Å². The summed E-state index contributed by atoms with van der Waals surface area (Å²) in [6.07, 6.45) is 3.97. The molecule has 4 nitrogen and oxygen atoms in total. The lowest BCUT2D eigenvalue weighted by Crippen LogP contribution is -2.34. The molecule has 1 atom stereocenters. The van der Waals surface area contributed by atoms with Gasteiger partial charge in [0.25, 0.3) is 0 Å². The first-order chi connectivity index (χ1) is 10.6. The zero-order valence-electron chi connectivity index (χ0n) is 14.2. The fraction of sp³-hybridized carbons (Fsp3) is 0.611. The first kappa shape index (κ1) is 16.8. The Hall–Kier alpha value is -1.55. The molecular formula is C18H28N2O2. The van der Waals surface area contributed by atoms with Crippen LogP contribution in [0.5, 0.6) is 0 Å². The van der Waals surface area contributed by atoms with E-state index in [1.54, 1.807) is 7.11 Å². The van der Waals surface area contributed by atoms with Gasteiger partial charge in [-0.1, -0.05) is 32.9 Å². The third kappa shape index (κ3) is 3.61. The Morgan fingerprint density at radius 1 is 1.23 bits per heavy atom. The highest BCUT2D eigenvalue weighted by atomic mass is 16.5. The smallest absolute Gasteiger partial charge is 0.321 e. The lowest BCUT2D eigenvalue weighted by molar-refractivity contribution is 0.111. The van der Waals surface area contributed by atoms with Crippen LogP contribution in [-0.4, -0.2) is 37.2 Å². The summed E-state index contributed by atoms with van der Waals surface area (Å²) >= 11 is 0. The molecule has 122 valence electrons. The van der Waals surface area contributed by atoms with E-state index in [4.69, 9.17) is 4.74 Å². The van der Waals surface area contributed by atoms with Gasteiger partial charge in [0.1, 0.15) is 0 Å². The Balaban J connectivity index is 2.19. The van der Waals surface area contributed by atoms with Crippen molar-refractivity contribution < 1.29 is 9.53 Å². The Morgan fingerprint density at radius 2 is 1.86 bits per heavy atom. The second-order valence-corrected chi connectivity index (χ2v) is 5.87. The molecule has 1 aliphatic rings. The predicted molar refractivity (Wildman–Crippen MR) is 90.6 cm³/mol. The van der Waals surface area contributed by atoms with E-state index in [1.807, 2.05) is 4.90 Å². The van der Waals surface area contributed by atoms with Crippen LogP contribution in [0, 0.1) is 0 Å². The molecule has 4 heteroatoms. The summed E-state index contributed by atoms with van der Waals surface area (Å²) in [5.74, 6) is 0. The summed E-state index contributed by atoms with van der Waals surface area (Å²) in [7, 11) is 1.71. The van der Waals surface area contributed by atoms with E-state index >= 15 is 0 Å². The highest BCUT2D eigenvalue weighted by molar-refractivity contribution is 5.91. The quantitative estimate of drug-likeness (QED) is 0.902. The number of anilines is 1. The molecule has 1 fully saturated rings. The average molecular weight is 304 g/mol. The minimum Gasteiger partial charge on any atom is -0.380 e. The number of nitrogens with zero attached hydrogens (tertiary/aromatic N) is 1. The zero-order chi connectivity index (χ0) is 16.1. The van der Waals surface area contributed by atoms with Gasteiger partial charge >= 0.3 is 6.03 Å². The van der Waals surface area contributed by atoms with Crippen molar-refractivity contribution >= 4 is 11.7 Å². The Labute approximate surface area is 133 Å². The highest BCUT2D eigenvalue weighted by Gasteiger charge is 2.26. The number of benzene rings is 1. The number of methoxy groups -OCH3 is 1. The number of carbonyl (C=O) groups is 1. The normalized spacial score (nSPS) is 17.8. The molecule has 1 aliphatic heterocycles. The van der Waals surface area contributed by atoms with Crippen molar-refractivity contribution in [2.45, 2.75) is 52.6 Å². The monoisotopic (exact) mass is 304 g/mol. The first-order valence-corrected chi connectivity index (χ1v) is 8.36. The van der Waals surface area contributed by atoms with Crippen LogP contribution in [0.1, 0.15) is 43.9 Å². The molecule has 1 aromatic carbocycles. The minimum atomic E-state index is -0.00630. The second-order valence-electron chi connectivity index (χ2n) is 5.87. The van der Waals surface area contributed by atoms with E-state index < -0.39 is 0 Å². The largest absolute Gasteiger partial charge is 0.380 e. The molecule has 2 rings (SSSR count). The van der Waals surface area contributed by atoms with Gasteiger partial charge in [0, 0.05) is 25.9 Å². The molecule has 0 radical (unpaired) electrons. The Morgan fingerprint density at radius 3 is 2.32 bits per heavy atom. The van der Waals surface area contributed by atoms with Crippen LogP contribution in [0.3, 0.4) is 0 Å². The molecule has 0 bridgehead atoms. The first-order valence-electron chi connectivity index (χ1n) is 8.36. The van der Waals surface area contributed by atoms with Crippen LogP contribution in [-0.2, 0) is 24.0 Å². The van der Waals surface area contributed by atoms with Gasteiger partial charge in [-0.2, -0.15) is 0 Å². The van der Waals surface area contributed by atoms with Crippen LogP contribution in [0.25, 0.3) is 0 Å². The number of nitrogens with one attached hydrogen (secondary N) is 1. The predicted octanol–water partition coefficient (Wildman–Crippen LogP) is 3.63. The standard InChI is InChI=1S/C18H28N2O2/c1-5-13-10-14(6-2)17(15(7-3)11-13)19-18(21)20-9-8-16(12-20)22-4/h10-11,16H,5-9,12H2,1-4H3,(H,19,21)/t16-/m1/s1. The lowest BCUT2D eigenvalue weighted by atomic mass is 9.98. The van der Waals surface area contributed by atoms with E-state index in [2.05, 4.69) is 38.2 Å². The van der Waals surface area contributed by atoms with E-state index in [0.717, 1.165) is 37.9 Å². The molecule has 2 amide bonds.